The highest BCUT2D eigenvalue weighted by atomic mass is 35.5. The maximum Gasteiger partial charge on any atom is 0.345 e. The molecule has 31 heavy (non-hydrogen) atoms. The minimum absolute atomic E-state index is 0.203. The zero-order chi connectivity index (χ0) is 22.1. The van der Waals surface area contributed by atoms with Crippen molar-refractivity contribution in [3.63, 3.8) is 0 Å². The number of nitrogens with one attached hydrogen (secondary N) is 1. The maximum atomic E-state index is 12.2. The van der Waals surface area contributed by atoms with Crippen LogP contribution in [0.3, 0.4) is 0 Å². The molecule has 0 aliphatic carbocycles. The van der Waals surface area contributed by atoms with Crippen molar-refractivity contribution in [1.82, 2.24) is 10.4 Å². The second-order valence-electron chi connectivity index (χ2n) is 6.08. The Morgan fingerprint density at radius 2 is 1.94 bits per heavy atom. The molecule has 1 N–H and O–H groups in total. The molecule has 1 aromatic heterocycles. The molecule has 3 rings (SSSR count). The first-order valence-electron chi connectivity index (χ1n) is 9.05. The van der Waals surface area contributed by atoms with Crippen molar-refractivity contribution in [2.45, 2.75) is 0 Å². The minimum atomic E-state index is -0.555. The number of halogens is 1. The number of carbonyl (C=O) groups is 2. The van der Waals surface area contributed by atoms with Crippen LogP contribution in [0, 0.1) is 0 Å². The number of amides is 1. The first-order valence-corrected chi connectivity index (χ1v) is 9.43. The summed E-state index contributed by atoms with van der Waals surface area (Å²) in [6, 6.07) is 14.7. The van der Waals surface area contributed by atoms with Gasteiger partial charge in [-0.3, -0.25) is 9.78 Å². The molecule has 0 saturated carbocycles. The molecule has 0 saturated heterocycles. The van der Waals surface area contributed by atoms with Crippen LogP contribution in [0.25, 0.3) is 0 Å². The molecule has 1 heterocycles. The summed E-state index contributed by atoms with van der Waals surface area (Å²) in [5.41, 5.74) is 3.31. The molecule has 3 aromatic rings. The second-order valence-corrected chi connectivity index (χ2v) is 6.51. The summed E-state index contributed by atoms with van der Waals surface area (Å²) in [6.45, 7) is -0.203. The van der Waals surface area contributed by atoms with Gasteiger partial charge in [0, 0.05) is 17.4 Å². The number of pyridine rings is 1. The smallest absolute Gasteiger partial charge is 0.345 e. The predicted octanol–water partition coefficient (Wildman–Crippen LogP) is 3.49. The number of hydrazone groups is 1. The zero-order valence-corrected chi connectivity index (χ0v) is 17.2. The van der Waals surface area contributed by atoms with Crippen LogP contribution in [0.1, 0.15) is 15.9 Å². The SMILES string of the molecule is COc1cc(/C=N/NC(=O)COc2ccc(Cl)cc2)ccc1OC(=O)c1cccnc1. The van der Waals surface area contributed by atoms with Gasteiger partial charge in [0.1, 0.15) is 5.75 Å². The third kappa shape index (κ3) is 6.55. The molecule has 1 amide bonds. The summed E-state index contributed by atoms with van der Waals surface area (Å²) in [4.78, 5) is 27.9. The van der Waals surface area contributed by atoms with Gasteiger partial charge in [-0.1, -0.05) is 11.6 Å². The molecule has 0 radical (unpaired) electrons. The van der Waals surface area contributed by atoms with Gasteiger partial charge in [-0.25, -0.2) is 10.2 Å². The number of ether oxygens (including phenoxy) is 3. The fourth-order valence-corrected chi connectivity index (χ4v) is 2.51. The van der Waals surface area contributed by atoms with Crippen molar-refractivity contribution in [3.05, 3.63) is 83.1 Å². The summed E-state index contributed by atoms with van der Waals surface area (Å²) >= 11 is 5.80. The zero-order valence-electron chi connectivity index (χ0n) is 16.4. The molecule has 0 bridgehead atoms. The van der Waals surface area contributed by atoms with Crippen LogP contribution in [0.2, 0.25) is 5.02 Å². The van der Waals surface area contributed by atoms with Gasteiger partial charge in [0.25, 0.3) is 5.91 Å². The number of benzene rings is 2. The molecule has 0 unspecified atom stereocenters. The number of rotatable bonds is 8. The number of esters is 1. The summed E-state index contributed by atoms with van der Waals surface area (Å²) in [5, 5.41) is 4.46. The Bertz CT molecular complexity index is 1070. The van der Waals surface area contributed by atoms with E-state index >= 15 is 0 Å². The van der Waals surface area contributed by atoms with E-state index in [2.05, 4.69) is 15.5 Å². The maximum absolute atomic E-state index is 12.2. The standard InChI is InChI=1S/C22H18ClN3O5/c1-29-20-11-15(4-9-19(20)31-22(28)16-3-2-10-24-13-16)12-25-26-21(27)14-30-18-7-5-17(23)6-8-18/h2-13H,14H2,1H3,(H,26,27)/b25-12+. The van der Waals surface area contributed by atoms with Gasteiger partial charge in [0.2, 0.25) is 0 Å². The third-order valence-corrected chi connectivity index (χ3v) is 4.13. The van der Waals surface area contributed by atoms with E-state index in [1.807, 2.05) is 0 Å². The molecule has 9 heteroatoms. The minimum Gasteiger partial charge on any atom is -0.493 e. The summed E-state index contributed by atoms with van der Waals surface area (Å²) in [6.07, 6.45) is 4.40. The van der Waals surface area contributed by atoms with Crippen molar-refractivity contribution in [2.24, 2.45) is 5.10 Å². The molecule has 0 atom stereocenters. The van der Waals surface area contributed by atoms with Crippen LogP contribution in [0.4, 0.5) is 0 Å². The van der Waals surface area contributed by atoms with E-state index in [4.69, 9.17) is 25.8 Å². The number of nitrogens with zero attached hydrogens (tertiary/aromatic N) is 2. The van der Waals surface area contributed by atoms with Gasteiger partial charge in [-0.05, 0) is 60.2 Å². The van der Waals surface area contributed by atoms with E-state index in [1.165, 1.54) is 19.5 Å². The monoisotopic (exact) mass is 439 g/mol. The Balaban J connectivity index is 1.55. The normalized spacial score (nSPS) is 10.5. The number of methoxy groups -OCH3 is 1. The van der Waals surface area contributed by atoms with E-state index in [-0.39, 0.29) is 12.4 Å². The molecule has 2 aromatic carbocycles. The van der Waals surface area contributed by atoms with Crippen LogP contribution >= 0.6 is 11.6 Å². The lowest BCUT2D eigenvalue weighted by Gasteiger charge is -2.09. The Labute approximate surface area is 183 Å². The molecular weight excluding hydrogens is 422 g/mol. The van der Waals surface area contributed by atoms with Gasteiger partial charge in [0.15, 0.2) is 18.1 Å². The fraction of sp³-hybridized carbons (Fsp3) is 0.0909. The Morgan fingerprint density at radius 3 is 2.65 bits per heavy atom. The van der Waals surface area contributed by atoms with Crippen molar-refractivity contribution in [3.8, 4) is 17.2 Å². The van der Waals surface area contributed by atoms with Crippen LogP contribution in [-0.2, 0) is 4.79 Å². The fourth-order valence-electron chi connectivity index (χ4n) is 2.38. The van der Waals surface area contributed by atoms with Gasteiger partial charge in [-0.15, -0.1) is 0 Å². The number of hydrogen-bond acceptors (Lipinski definition) is 7. The average Bonchev–Trinajstić information content (AvgIpc) is 2.80. The van der Waals surface area contributed by atoms with Crippen LogP contribution < -0.4 is 19.6 Å². The van der Waals surface area contributed by atoms with E-state index in [0.29, 0.717) is 27.6 Å². The van der Waals surface area contributed by atoms with Gasteiger partial charge >= 0.3 is 5.97 Å². The van der Waals surface area contributed by atoms with Crippen LogP contribution in [0.5, 0.6) is 17.2 Å². The molecular formula is C22H18ClN3O5. The van der Waals surface area contributed by atoms with Crippen molar-refractivity contribution in [2.75, 3.05) is 13.7 Å². The van der Waals surface area contributed by atoms with E-state index in [0.717, 1.165) is 0 Å². The molecule has 8 nitrogen and oxygen atoms in total. The van der Waals surface area contributed by atoms with E-state index < -0.39 is 11.9 Å². The quantitative estimate of drug-likeness (QED) is 0.249. The predicted molar refractivity (Wildman–Crippen MR) is 115 cm³/mol. The third-order valence-electron chi connectivity index (χ3n) is 3.87. The van der Waals surface area contributed by atoms with Crippen LogP contribution in [0.15, 0.2) is 72.1 Å². The molecule has 0 aliphatic heterocycles. The topological polar surface area (TPSA) is 99.1 Å². The highest BCUT2D eigenvalue weighted by Gasteiger charge is 2.12. The van der Waals surface area contributed by atoms with Gasteiger partial charge in [-0.2, -0.15) is 5.10 Å². The first kappa shape index (κ1) is 21.8. The van der Waals surface area contributed by atoms with Crippen molar-refractivity contribution >= 4 is 29.7 Å². The molecule has 0 aliphatic rings. The number of aromatic nitrogens is 1. The number of carbonyl (C=O) groups excluding carboxylic acids is 2. The second kappa shape index (κ2) is 10.7. The van der Waals surface area contributed by atoms with Crippen molar-refractivity contribution < 1.29 is 23.8 Å². The highest BCUT2D eigenvalue weighted by Crippen LogP contribution is 2.28. The highest BCUT2D eigenvalue weighted by molar-refractivity contribution is 6.30. The lowest BCUT2D eigenvalue weighted by atomic mass is 10.2. The summed E-state index contributed by atoms with van der Waals surface area (Å²) in [7, 11) is 1.45. The number of hydrogen-bond donors (Lipinski definition) is 1. The average molecular weight is 440 g/mol. The lowest BCUT2D eigenvalue weighted by molar-refractivity contribution is -0.123. The van der Waals surface area contributed by atoms with Crippen LogP contribution in [-0.4, -0.2) is 36.8 Å². The first-order chi connectivity index (χ1) is 15.0. The van der Waals surface area contributed by atoms with E-state index in [1.54, 1.807) is 60.8 Å². The molecule has 0 spiro atoms. The Kier molecular flexibility index (Phi) is 7.56. The van der Waals surface area contributed by atoms with Crippen molar-refractivity contribution in [1.29, 1.82) is 0 Å². The summed E-state index contributed by atoms with van der Waals surface area (Å²) < 4.78 is 16.0. The largest absolute Gasteiger partial charge is 0.493 e. The molecule has 158 valence electrons. The Morgan fingerprint density at radius 1 is 1.13 bits per heavy atom. The lowest BCUT2D eigenvalue weighted by Crippen LogP contribution is -2.24. The van der Waals surface area contributed by atoms with E-state index in [9.17, 15) is 9.59 Å². The van der Waals surface area contributed by atoms with Gasteiger partial charge in [0.05, 0.1) is 18.9 Å². The molecule has 0 fully saturated rings. The summed E-state index contributed by atoms with van der Waals surface area (Å²) in [5.74, 6) is 0.109. The van der Waals surface area contributed by atoms with Gasteiger partial charge < -0.3 is 14.2 Å². The Hall–Kier alpha value is -3.91.